The molecule has 3 aromatic rings. The molecule has 2 aliphatic heterocycles. The highest BCUT2D eigenvalue weighted by Crippen LogP contribution is 2.47. The minimum atomic E-state index is -4.64. The van der Waals surface area contributed by atoms with E-state index >= 15 is 0 Å². The van der Waals surface area contributed by atoms with Crippen molar-refractivity contribution in [3.05, 3.63) is 57.2 Å². The molecular weight excluding hydrogens is 487 g/mol. The number of benzene rings is 1. The van der Waals surface area contributed by atoms with E-state index in [9.17, 15) is 18.0 Å². The molecular formula is C23H23ClF3N5OS. The van der Waals surface area contributed by atoms with Crippen molar-refractivity contribution in [1.82, 2.24) is 19.9 Å². The maximum absolute atomic E-state index is 14.0. The summed E-state index contributed by atoms with van der Waals surface area (Å²) >= 11 is 7.63. The highest BCUT2D eigenvalue weighted by Gasteiger charge is 2.38. The molecule has 0 spiro atoms. The lowest BCUT2D eigenvalue weighted by molar-refractivity contribution is -0.137. The fraction of sp³-hybridized carbons (Fsp3) is 0.435. The van der Waals surface area contributed by atoms with Crippen LogP contribution in [0.3, 0.4) is 0 Å². The molecule has 1 aromatic carbocycles. The van der Waals surface area contributed by atoms with Gasteiger partial charge in [0.25, 0.3) is 0 Å². The van der Waals surface area contributed by atoms with Crippen LogP contribution >= 0.6 is 23.4 Å². The van der Waals surface area contributed by atoms with Gasteiger partial charge in [0.05, 0.1) is 21.0 Å². The first-order chi connectivity index (χ1) is 16.1. The summed E-state index contributed by atoms with van der Waals surface area (Å²) in [5.41, 5.74) is -0.0132. The molecule has 34 heavy (non-hydrogen) atoms. The van der Waals surface area contributed by atoms with Crippen molar-refractivity contribution in [3.63, 3.8) is 0 Å². The Morgan fingerprint density at radius 2 is 1.82 bits per heavy atom. The van der Waals surface area contributed by atoms with Gasteiger partial charge in [0.1, 0.15) is 5.82 Å². The summed E-state index contributed by atoms with van der Waals surface area (Å²) < 4.78 is 43.5. The van der Waals surface area contributed by atoms with Crippen molar-refractivity contribution in [2.24, 2.45) is 0 Å². The molecule has 1 N–H and O–H groups in total. The Morgan fingerprint density at radius 1 is 1.15 bits per heavy atom. The summed E-state index contributed by atoms with van der Waals surface area (Å²) in [6.07, 6.45) is -1.31. The third kappa shape index (κ3) is 4.16. The molecule has 11 heteroatoms. The second kappa shape index (κ2) is 8.73. The van der Waals surface area contributed by atoms with E-state index in [4.69, 9.17) is 11.6 Å². The zero-order valence-corrected chi connectivity index (χ0v) is 20.1. The maximum Gasteiger partial charge on any atom is 0.417 e. The number of hydrogen-bond acceptors (Lipinski definition) is 6. The first kappa shape index (κ1) is 23.4. The molecule has 0 unspecified atom stereocenters. The third-order valence-electron chi connectivity index (χ3n) is 6.31. The number of thioether (sulfide) groups is 1. The summed E-state index contributed by atoms with van der Waals surface area (Å²) in [5.74, 6) is 0.639. The maximum atomic E-state index is 14.0. The van der Waals surface area contributed by atoms with Crippen LogP contribution in [-0.4, -0.2) is 45.5 Å². The lowest BCUT2D eigenvalue weighted by atomic mass is 10.0. The van der Waals surface area contributed by atoms with E-state index in [2.05, 4.69) is 15.3 Å². The molecule has 4 heterocycles. The molecule has 2 aliphatic rings. The number of anilines is 1. The second-order valence-corrected chi connectivity index (χ2v) is 10.4. The lowest BCUT2D eigenvalue weighted by Gasteiger charge is -2.37. The zero-order chi connectivity index (χ0) is 24.2. The summed E-state index contributed by atoms with van der Waals surface area (Å²) in [7, 11) is 0. The van der Waals surface area contributed by atoms with Crippen molar-refractivity contribution >= 4 is 40.1 Å². The molecule has 1 saturated heterocycles. The number of hydrogen-bond donors (Lipinski definition) is 1. The van der Waals surface area contributed by atoms with Gasteiger partial charge in [-0.25, -0.2) is 4.79 Å². The van der Waals surface area contributed by atoms with Crippen LogP contribution in [0.4, 0.5) is 19.0 Å². The second-order valence-electron chi connectivity index (χ2n) is 8.95. The predicted octanol–water partition coefficient (Wildman–Crippen LogP) is 4.54. The van der Waals surface area contributed by atoms with Crippen LogP contribution in [0.1, 0.15) is 30.9 Å². The van der Waals surface area contributed by atoms with E-state index < -0.39 is 17.4 Å². The van der Waals surface area contributed by atoms with Crippen LogP contribution in [-0.2, 0) is 12.7 Å². The molecule has 0 amide bonds. The summed E-state index contributed by atoms with van der Waals surface area (Å²) in [6, 6.07) is 4.97. The largest absolute Gasteiger partial charge is 0.417 e. The molecule has 2 aromatic heterocycles. The molecule has 5 rings (SSSR count). The standard InChI is InChI=1S/C23H23ClF3N5OS/c1-12-8-31(9-13(2)29-12)21-16-7-17(23(25,26)27)18(24)20-19(16)32(22(33)30-21)10-15(11-34-20)14-3-5-28-6-4-14/h3-7,12-13,15,29H,8-11H2,1-2H3/t12-,13+,15-/m0/s1. The average molecular weight is 510 g/mol. The van der Waals surface area contributed by atoms with Gasteiger partial charge >= 0.3 is 11.9 Å². The quantitative estimate of drug-likeness (QED) is 0.547. The Kier molecular flexibility index (Phi) is 6.02. The molecule has 1 fully saturated rings. The SMILES string of the molecule is C[C@@H]1CN(c2nc(=O)n3c4c(c(Cl)c(C(F)(F)F)cc24)SC[C@@H](c2ccncc2)C3)C[C@H](C)N1. The third-order valence-corrected chi connectivity index (χ3v) is 8.07. The number of aromatic nitrogens is 3. The number of halogens is 4. The molecule has 0 radical (unpaired) electrons. The number of nitrogens with one attached hydrogen (secondary N) is 1. The molecule has 6 nitrogen and oxygen atoms in total. The van der Waals surface area contributed by atoms with E-state index in [1.54, 1.807) is 12.4 Å². The van der Waals surface area contributed by atoms with Gasteiger partial charge in [-0.2, -0.15) is 18.2 Å². The van der Waals surface area contributed by atoms with Crippen LogP contribution in [0.2, 0.25) is 5.02 Å². The Bertz CT molecular complexity index is 1290. The van der Waals surface area contributed by atoms with Crippen molar-refractivity contribution in [1.29, 1.82) is 0 Å². The highest BCUT2D eigenvalue weighted by atomic mass is 35.5. The molecule has 0 aliphatic carbocycles. The number of rotatable bonds is 2. The monoisotopic (exact) mass is 509 g/mol. The van der Waals surface area contributed by atoms with E-state index in [0.29, 0.717) is 36.3 Å². The van der Waals surface area contributed by atoms with Gasteiger partial charge in [0.2, 0.25) is 0 Å². The lowest BCUT2D eigenvalue weighted by Crippen LogP contribution is -2.55. The van der Waals surface area contributed by atoms with Crippen molar-refractivity contribution < 1.29 is 13.2 Å². The van der Waals surface area contributed by atoms with Gasteiger partial charge in [-0.15, -0.1) is 11.8 Å². The summed E-state index contributed by atoms with van der Waals surface area (Å²) in [4.78, 5) is 23.9. The summed E-state index contributed by atoms with van der Waals surface area (Å²) in [5, 5.41) is 3.34. The van der Waals surface area contributed by atoms with Crippen LogP contribution in [0.25, 0.3) is 10.9 Å². The van der Waals surface area contributed by atoms with Crippen molar-refractivity contribution in [2.45, 2.75) is 49.5 Å². The van der Waals surface area contributed by atoms with E-state index in [1.165, 1.54) is 16.3 Å². The minimum Gasteiger partial charge on any atom is -0.353 e. The Labute approximate surface area is 203 Å². The molecule has 3 atom stereocenters. The topological polar surface area (TPSA) is 63.1 Å². The Hall–Kier alpha value is -2.30. The fourth-order valence-electron chi connectivity index (χ4n) is 4.91. The molecule has 0 bridgehead atoms. The van der Waals surface area contributed by atoms with E-state index in [1.807, 2.05) is 30.9 Å². The smallest absolute Gasteiger partial charge is 0.353 e. The normalized spacial score (nSPS) is 23.2. The Balaban J connectivity index is 1.76. The first-order valence-corrected chi connectivity index (χ1v) is 12.4. The van der Waals surface area contributed by atoms with Crippen LogP contribution in [0, 0.1) is 0 Å². The van der Waals surface area contributed by atoms with Crippen molar-refractivity contribution in [3.8, 4) is 0 Å². The zero-order valence-electron chi connectivity index (χ0n) is 18.6. The summed E-state index contributed by atoms with van der Waals surface area (Å²) in [6.45, 7) is 5.35. The Morgan fingerprint density at radius 3 is 2.47 bits per heavy atom. The van der Waals surface area contributed by atoms with Crippen molar-refractivity contribution in [2.75, 3.05) is 23.7 Å². The van der Waals surface area contributed by atoms with Crippen LogP contribution in [0.5, 0.6) is 0 Å². The van der Waals surface area contributed by atoms with Gasteiger partial charge in [-0.1, -0.05) is 11.6 Å². The van der Waals surface area contributed by atoms with E-state index in [-0.39, 0.29) is 33.7 Å². The predicted molar refractivity (Wildman–Crippen MR) is 128 cm³/mol. The fourth-order valence-corrected chi connectivity index (χ4v) is 6.59. The first-order valence-electron chi connectivity index (χ1n) is 11.0. The number of piperazine rings is 1. The van der Waals surface area contributed by atoms with Gasteiger partial charge < -0.3 is 10.2 Å². The van der Waals surface area contributed by atoms with Gasteiger partial charge in [-0.3, -0.25) is 9.55 Å². The minimum absolute atomic E-state index is 0.0954. The van der Waals surface area contributed by atoms with Crippen LogP contribution < -0.4 is 15.9 Å². The average Bonchev–Trinajstić information content (AvgIpc) is 2.98. The van der Waals surface area contributed by atoms with Gasteiger partial charge in [-0.05, 0) is 37.6 Å². The number of pyridine rings is 1. The number of alkyl halides is 3. The van der Waals surface area contributed by atoms with Gasteiger partial charge in [0, 0.05) is 61.2 Å². The van der Waals surface area contributed by atoms with Gasteiger partial charge in [0.15, 0.2) is 0 Å². The highest BCUT2D eigenvalue weighted by molar-refractivity contribution is 7.99. The molecule has 180 valence electrons. The van der Waals surface area contributed by atoms with E-state index in [0.717, 1.165) is 11.6 Å². The molecule has 0 saturated carbocycles. The van der Waals surface area contributed by atoms with Crippen LogP contribution in [0.15, 0.2) is 40.3 Å². The number of nitrogens with zero attached hydrogens (tertiary/aromatic N) is 4.